The number of rotatable bonds is 12. The van der Waals surface area contributed by atoms with Crippen LogP contribution < -0.4 is 16.0 Å². The molecule has 3 atom stereocenters. The topological polar surface area (TPSA) is 111 Å². The van der Waals surface area contributed by atoms with Gasteiger partial charge in [-0.15, -0.1) is 0 Å². The number of benzene rings is 1. The summed E-state index contributed by atoms with van der Waals surface area (Å²) in [5, 5.41) is 18.5. The molecule has 222 valence electrons. The lowest BCUT2D eigenvalue weighted by atomic mass is 9.76. The fourth-order valence-corrected chi connectivity index (χ4v) is 4.02. The molecule has 2 amide bonds. The second-order valence-corrected chi connectivity index (χ2v) is 12.6. The molecule has 0 saturated carbocycles. The largest absolute Gasteiger partial charge is 0.478 e. The fraction of sp³-hybridized carbons (Fsp3) is 0.645. The number of carbonyl (C=O) groups excluding carboxylic acids is 2. The quantitative estimate of drug-likeness (QED) is 0.216. The molecule has 8 heteroatoms. The number of hydrogen-bond donors (Lipinski definition) is 4. The lowest BCUT2D eigenvalue weighted by Gasteiger charge is -2.36. The summed E-state index contributed by atoms with van der Waals surface area (Å²) in [5.41, 5.74) is 2.16. The Kier molecular flexibility index (Phi) is 14.5. The molecule has 0 heterocycles. The normalized spacial score (nSPS) is 14.6. The summed E-state index contributed by atoms with van der Waals surface area (Å²) >= 11 is 0. The highest BCUT2D eigenvalue weighted by molar-refractivity contribution is 5.86. The molecular weight excluding hydrogens is 492 g/mol. The van der Waals surface area contributed by atoms with Gasteiger partial charge in [-0.25, -0.2) is 4.79 Å². The molecular formula is C31H54N4O4. The summed E-state index contributed by atoms with van der Waals surface area (Å²) in [6, 6.07) is 8.34. The molecule has 4 N–H and O–H groups in total. The number of carboxylic acids is 1. The van der Waals surface area contributed by atoms with Crippen molar-refractivity contribution in [3.05, 3.63) is 41.5 Å². The van der Waals surface area contributed by atoms with Gasteiger partial charge in [0.15, 0.2) is 0 Å². The number of anilines is 1. The third-order valence-electron chi connectivity index (χ3n) is 7.07. The average molecular weight is 547 g/mol. The van der Waals surface area contributed by atoms with Crippen LogP contribution in [0.1, 0.15) is 81.7 Å². The van der Waals surface area contributed by atoms with Gasteiger partial charge >= 0.3 is 5.97 Å². The van der Waals surface area contributed by atoms with Crippen LogP contribution in [0.15, 0.2) is 35.9 Å². The number of aliphatic carboxylic acids is 1. The predicted molar refractivity (Wildman–Crippen MR) is 162 cm³/mol. The first-order valence-electron chi connectivity index (χ1n) is 13.7. The zero-order valence-corrected chi connectivity index (χ0v) is 26.5. The van der Waals surface area contributed by atoms with Crippen molar-refractivity contribution in [1.29, 1.82) is 0 Å². The monoisotopic (exact) mass is 546 g/mol. The van der Waals surface area contributed by atoms with E-state index in [0.717, 1.165) is 11.3 Å². The molecule has 0 spiro atoms. The Bertz CT molecular complexity index is 964. The van der Waals surface area contributed by atoms with Crippen molar-refractivity contribution in [2.24, 2.45) is 11.3 Å². The summed E-state index contributed by atoms with van der Waals surface area (Å²) in [7, 11) is 3.49. The lowest BCUT2D eigenvalue weighted by Crippen LogP contribution is -2.56. The summed E-state index contributed by atoms with van der Waals surface area (Å²) in [5.74, 6) is -0.716. The third kappa shape index (κ3) is 11.8. The maximum Gasteiger partial charge on any atom is 0.331 e. The summed E-state index contributed by atoms with van der Waals surface area (Å²) in [4.78, 5) is 35.5. The molecule has 8 nitrogen and oxygen atoms in total. The van der Waals surface area contributed by atoms with Gasteiger partial charge in [0.2, 0.25) is 12.3 Å². The molecule has 3 unspecified atom stereocenters. The van der Waals surface area contributed by atoms with E-state index in [1.54, 1.807) is 13.1 Å². The van der Waals surface area contributed by atoms with Gasteiger partial charge in [-0.05, 0) is 63.8 Å². The lowest BCUT2D eigenvalue weighted by molar-refractivity contribution is -0.132. The average Bonchev–Trinajstić information content (AvgIpc) is 2.81. The Balaban J connectivity index is 0.000000876. The number of hydrogen-bond acceptors (Lipinski definition) is 5. The van der Waals surface area contributed by atoms with Gasteiger partial charge in [0.25, 0.3) is 0 Å². The van der Waals surface area contributed by atoms with Crippen molar-refractivity contribution in [2.75, 3.05) is 19.4 Å². The van der Waals surface area contributed by atoms with Crippen LogP contribution in [0.3, 0.4) is 0 Å². The van der Waals surface area contributed by atoms with Crippen LogP contribution in [0, 0.1) is 11.3 Å². The maximum absolute atomic E-state index is 12.9. The van der Waals surface area contributed by atoms with E-state index in [0.29, 0.717) is 12.5 Å². The SMILES string of the molecule is C/C(=C\C(C(C)C)N(C)C=O)C(=O)O.CNC(C(=O)NC(C)C(C)(C)C)C(C)(C)c1cccc(NC(C)C)c1. The molecule has 0 radical (unpaired) electrons. The minimum absolute atomic E-state index is 0.0270. The molecule has 0 aliphatic rings. The molecule has 0 aromatic heterocycles. The molecule has 0 aliphatic heterocycles. The Morgan fingerprint density at radius 2 is 1.59 bits per heavy atom. The number of carbonyl (C=O) groups is 3. The maximum atomic E-state index is 12.9. The summed E-state index contributed by atoms with van der Waals surface area (Å²) in [6.07, 6.45) is 2.30. The van der Waals surface area contributed by atoms with Crippen molar-refractivity contribution < 1.29 is 19.5 Å². The second kappa shape index (κ2) is 15.7. The van der Waals surface area contributed by atoms with E-state index in [-0.39, 0.29) is 46.4 Å². The molecule has 0 fully saturated rings. The Morgan fingerprint density at radius 1 is 1.03 bits per heavy atom. The Labute approximate surface area is 237 Å². The van der Waals surface area contributed by atoms with E-state index >= 15 is 0 Å². The predicted octanol–water partition coefficient (Wildman–Crippen LogP) is 5.05. The van der Waals surface area contributed by atoms with Gasteiger partial charge in [-0.1, -0.05) is 66.7 Å². The van der Waals surface area contributed by atoms with Crippen LogP contribution in [0.2, 0.25) is 0 Å². The first-order valence-corrected chi connectivity index (χ1v) is 13.7. The van der Waals surface area contributed by atoms with E-state index < -0.39 is 5.97 Å². The standard InChI is InChI=1S/C21H37N3O.C10H17NO3/c1-14(2)23-17-12-10-11-16(13-17)21(7,8)18(22-9)19(25)24-15(3)20(4,5)6;1-7(2)9(11(4)6-12)5-8(3)10(13)14/h10-15,18,22-23H,1-9H3,(H,24,25);5-7,9H,1-4H3,(H,13,14)/b;8-5+. The van der Waals surface area contributed by atoms with Crippen LogP contribution >= 0.6 is 0 Å². The van der Waals surface area contributed by atoms with Crippen molar-refractivity contribution in [1.82, 2.24) is 15.5 Å². The van der Waals surface area contributed by atoms with Crippen LogP contribution in [-0.4, -0.2) is 66.6 Å². The molecule has 1 rings (SSSR count). The van der Waals surface area contributed by atoms with E-state index in [2.05, 4.69) is 89.5 Å². The molecule has 39 heavy (non-hydrogen) atoms. The summed E-state index contributed by atoms with van der Waals surface area (Å²) < 4.78 is 0. The zero-order chi connectivity index (χ0) is 30.7. The van der Waals surface area contributed by atoms with Gasteiger partial charge in [0.05, 0.1) is 12.1 Å². The number of carboxylic acid groups (broad SMARTS) is 1. The van der Waals surface area contributed by atoms with Crippen LogP contribution in [0.5, 0.6) is 0 Å². The van der Waals surface area contributed by atoms with Gasteiger partial charge < -0.3 is 26.0 Å². The van der Waals surface area contributed by atoms with E-state index in [4.69, 9.17) is 5.11 Å². The van der Waals surface area contributed by atoms with E-state index in [1.165, 1.54) is 11.8 Å². The molecule has 1 aromatic rings. The first-order chi connectivity index (χ1) is 17.8. The molecule has 1 aromatic carbocycles. The van der Waals surface area contributed by atoms with Crippen molar-refractivity contribution in [2.45, 2.75) is 106 Å². The Morgan fingerprint density at radius 3 is 2.00 bits per heavy atom. The number of likely N-dealkylation sites (N-methyl/N-ethyl adjacent to an activating group) is 2. The zero-order valence-electron chi connectivity index (χ0n) is 26.5. The van der Waals surface area contributed by atoms with Crippen molar-refractivity contribution >= 4 is 24.0 Å². The van der Waals surface area contributed by atoms with Gasteiger partial charge in [-0.2, -0.15) is 0 Å². The number of nitrogens with one attached hydrogen (secondary N) is 3. The molecule has 0 saturated heterocycles. The van der Waals surface area contributed by atoms with Crippen molar-refractivity contribution in [3.8, 4) is 0 Å². The highest BCUT2D eigenvalue weighted by atomic mass is 16.4. The number of amides is 2. The van der Waals surface area contributed by atoms with Crippen LogP contribution in [0.25, 0.3) is 0 Å². The van der Waals surface area contributed by atoms with Gasteiger partial charge in [0, 0.05) is 35.8 Å². The third-order valence-corrected chi connectivity index (χ3v) is 7.07. The summed E-state index contributed by atoms with van der Waals surface area (Å²) in [6.45, 7) is 22.3. The van der Waals surface area contributed by atoms with Crippen LogP contribution in [0.4, 0.5) is 5.69 Å². The van der Waals surface area contributed by atoms with Gasteiger partial charge in [0.1, 0.15) is 0 Å². The molecule has 0 aliphatic carbocycles. The van der Waals surface area contributed by atoms with Crippen molar-refractivity contribution in [3.63, 3.8) is 0 Å². The van der Waals surface area contributed by atoms with E-state index in [1.807, 2.05) is 27.0 Å². The molecule has 0 bridgehead atoms. The highest BCUT2D eigenvalue weighted by Crippen LogP contribution is 2.30. The number of nitrogens with zero attached hydrogens (tertiary/aromatic N) is 1. The van der Waals surface area contributed by atoms with Gasteiger partial charge in [-0.3, -0.25) is 9.59 Å². The van der Waals surface area contributed by atoms with Crippen LogP contribution in [-0.2, 0) is 19.8 Å². The smallest absolute Gasteiger partial charge is 0.331 e. The first kappa shape index (κ1) is 36.1. The minimum atomic E-state index is -0.949. The fourth-order valence-electron chi connectivity index (χ4n) is 4.02. The second-order valence-electron chi connectivity index (χ2n) is 12.6. The highest BCUT2D eigenvalue weighted by Gasteiger charge is 2.37. The van der Waals surface area contributed by atoms with E-state index in [9.17, 15) is 14.4 Å². The minimum Gasteiger partial charge on any atom is -0.478 e. The Hall–Kier alpha value is -2.87.